The summed E-state index contributed by atoms with van der Waals surface area (Å²) in [6.07, 6.45) is 3.68. The third kappa shape index (κ3) is 4.05. The number of hydrogen-bond acceptors (Lipinski definition) is 3. The molecule has 2 aromatic carbocycles. The van der Waals surface area contributed by atoms with E-state index in [1.165, 1.54) is 19.3 Å². The van der Waals surface area contributed by atoms with E-state index in [0.29, 0.717) is 28.7 Å². The number of urea groups is 1. The van der Waals surface area contributed by atoms with E-state index in [0.717, 1.165) is 6.54 Å². The minimum Gasteiger partial charge on any atom is -0.456 e. The van der Waals surface area contributed by atoms with Crippen molar-refractivity contribution in [1.82, 2.24) is 5.32 Å². The van der Waals surface area contributed by atoms with E-state index in [1.807, 2.05) is 6.07 Å². The number of para-hydroxylation sites is 1. The maximum atomic E-state index is 11.8. The SMILES string of the molecule is N#Cc1ccccc1Oc1ccc(NC(=O)NCC2CCC2)cc1. The number of nitriles is 1. The second-order valence-corrected chi connectivity index (χ2v) is 5.87. The Morgan fingerprint density at radius 2 is 1.92 bits per heavy atom. The lowest BCUT2D eigenvalue weighted by Crippen LogP contribution is -2.35. The topological polar surface area (TPSA) is 74.1 Å². The zero-order valence-electron chi connectivity index (χ0n) is 13.3. The number of amides is 2. The number of benzene rings is 2. The first-order valence-corrected chi connectivity index (χ1v) is 8.06. The third-order valence-corrected chi connectivity index (χ3v) is 4.12. The van der Waals surface area contributed by atoms with Gasteiger partial charge in [0.05, 0.1) is 5.56 Å². The Labute approximate surface area is 141 Å². The quantitative estimate of drug-likeness (QED) is 0.863. The van der Waals surface area contributed by atoms with Gasteiger partial charge in [-0.2, -0.15) is 5.26 Å². The van der Waals surface area contributed by atoms with Crippen molar-refractivity contribution < 1.29 is 9.53 Å². The molecule has 0 atom stereocenters. The first-order valence-electron chi connectivity index (χ1n) is 8.06. The number of carbonyl (C=O) groups is 1. The van der Waals surface area contributed by atoms with E-state index < -0.39 is 0 Å². The lowest BCUT2D eigenvalue weighted by molar-refractivity contribution is 0.243. The van der Waals surface area contributed by atoms with Crippen molar-refractivity contribution >= 4 is 11.7 Å². The van der Waals surface area contributed by atoms with Crippen LogP contribution >= 0.6 is 0 Å². The van der Waals surface area contributed by atoms with Crippen LogP contribution in [0.3, 0.4) is 0 Å². The van der Waals surface area contributed by atoms with Gasteiger partial charge in [0, 0.05) is 12.2 Å². The second kappa shape index (κ2) is 7.51. The highest BCUT2D eigenvalue weighted by Crippen LogP contribution is 2.26. The monoisotopic (exact) mass is 321 g/mol. The van der Waals surface area contributed by atoms with Gasteiger partial charge in [0.2, 0.25) is 0 Å². The van der Waals surface area contributed by atoms with Gasteiger partial charge in [-0.05, 0) is 55.2 Å². The molecule has 1 fully saturated rings. The molecule has 1 aliphatic carbocycles. The van der Waals surface area contributed by atoms with Crippen LogP contribution in [0.4, 0.5) is 10.5 Å². The Balaban J connectivity index is 1.55. The summed E-state index contributed by atoms with van der Waals surface area (Å²) in [5.74, 6) is 1.75. The Morgan fingerprint density at radius 1 is 1.17 bits per heavy atom. The fourth-order valence-corrected chi connectivity index (χ4v) is 2.49. The van der Waals surface area contributed by atoms with Gasteiger partial charge in [0.1, 0.15) is 17.6 Å². The number of carbonyl (C=O) groups excluding carboxylic acids is 1. The number of rotatable bonds is 5. The minimum absolute atomic E-state index is 0.189. The normalized spacial score (nSPS) is 13.5. The Hall–Kier alpha value is -3.00. The van der Waals surface area contributed by atoms with E-state index in [2.05, 4.69) is 16.7 Å². The van der Waals surface area contributed by atoms with Crippen molar-refractivity contribution in [1.29, 1.82) is 5.26 Å². The first kappa shape index (κ1) is 15.9. The van der Waals surface area contributed by atoms with Crippen LogP contribution in [0.25, 0.3) is 0 Å². The molecule has 3 rings (SSSR count). The zero-order chi connectivity index (χ0) is 16.8. The summed E-state index contributed by atoms with van der Waals surface area (Å²) in [4.78, 5) is 11.8. The molecule has 1 aliphatic rings. The molecular formula is C19H19N3O2. The van der Waals surface area contributed by atoms with Crippen molar-refractivity contribution in [3.8, 4) is 17.6 Å². The largest absolute Gasteiger partial charge is 0.456 e. The van der Waals surface area contributed by atoms with Gasteiger partial charge in [0.15, 0.2) is 0 Å². The fourth-order valence-electron chi connectivity index (χ4n) is 2.49. The Kier molecular flexibility index (Phi) is 4.97. The van der Waals surface area contributed by atoms with Crippen LogP contribution in [-0.4, -0.2) is 12.6 Å². The summed E-state index contributed by atoms with van der Waals surface area (Å²) in [7, 11) is 0. The summed E-state index contributed by atoms with van der Waals surface area (Å²) >= 11 is 0. The molecular weight excluding hydrogens is 302 g/mol. The molecule has 1 saturated carbocycles. The van der Waals surface area contributed by atoms with Crippen molar-refractivity contribution in [3.05, 3.63) is 54.1 Å². The standard InChI is InChI=1S/C19H19N3O2/c20-12-15-6-1-2-7-18(15)24-17-10-8-16(9-11-17)22-19(23)21-13-14-4-3-5-14/h1-2,6-11,14H,3-5,13H2,(H2,21,22,23). The van der Waals surface area contributed by atoms with Crippen molar-refractivity contribution in [3.63, 3.8) is 0 Å². The van der Waals surface area contributed by atoms with Gasteiger partial charge in [0.25, 0.3) is 0 Å². The molecule has 0 heterocycles. The number of anilines is 1. The molecule has 2 amide bonds. The maximum Gasteiger partial charge on any atom is 0.319 e. The van der Waals surface area contributed by atoms with E-state index >= 15 is 0 Å². The van der Waals surface area contributed by atoms with Gasteiger partial charge in [-0.25, -0.2) is 4.79 Å². The average molecular weight is 321 g/mol. The summed E-state index contributed by atoms with van der Waals surface area (Å²) in [5, 5.41) is 14.8. The third-order valence-electron chi connectivity index (χ3n) is 4.12. The van der Waals surface area contributed by atoms with E-state index in [-0.39, 0.29) is 6.03 Å². The van der Waals surface area contributed by atoms with Crippen LogP contribution in [0, 0.1) is 17.2 Å². The van der Waals surface area contributed by atoms with Crippen LogP contribution < -0.4 is 15.4 Å². The summed E-state index contributed by atoms with van der Waals surface area (Å²) in [6.45, 7) is 0.734. The molecule has 0 saturated heterocycles. The van der Waals surface area contributed by atoms with Crippen LogP contribution in [-0.2, 0) is 0 Å². The molecule has 0 aliphatic heterocycles. The molecule has 2 aromatic rings. The van der Waals surface area contributed by atoms with Crippen LogP contribution in [0.2, 0.25) is 0 Å². The number of nitrogens with one attached hydrogen (secondary N) is 2. The maximum absolute atomic E-state index is 11.8. The second-order valence-electron chi connectivity index (χ2n) is 5.87. The zero-order valence-corrected chi connectivity index (χ0v) is 13.3. The average Bonchev–Trinajstić information content (AvgIpc) is 2.56. The summed E-state index contributed by atoms with van der Waals surface area (Å²) in [5.41, 5.74) is 1.18. The number of hydrogen-bond donors (Lipinski definition) is 2. The fraction of sp³-hybridized carbons (Fsp3) is 0.263. The summed E-state index contributed by atoms with van der Waals surface area (Å²) in [6, 6.07) is 16.0. The van der Waals surface area contributed by atoms with Gasteiger partial charge in [-0.1, -0.05) is 18.6 Å². The molecule has 0 spiro atoms. The molecule has 5 nitrogen and oxygen atoms in total. The Bertz CT molecular complexity index is 746. The lowest BCUT2D eigenvalue weighted by Gasteiger charge is -2.25. The van der Waals surface area contributed by atoms with Crippen molar-refractivity contribution in [2.75, 3.05) is 11.9 Å². The highest BCUT2D eigenvalue weighted by atomic mass is 16.5. The molecule has 122 valence electrons. The van der Waals surface area contributed by atoms with E-state index in [9.17, 15) is 4.79 Å². The molecule has 0 unspecified atom stereocenters. The van der Waals surface area contributed by atoms with Crippen LogP contribution in [0.1, 0.15) is 24.8 Å². The number of nitrogens with zero attached hydrogens (tertiary/aromatic N) is 1. The summed E-state index contributed by atoms with van der Waals surface area (Å²) < 4.78 is 5.71. The van der Waals surface area contributed by atoms with Crippen molar-refractivity contribution in [2.24, 2.45) is 5.92 Å². The van der Waals surface area contributed by atoms with Crippen molar-refractivity contribution in [2.45, 2.75) is 19.3 Å². The van der Waals surface area contributed by atoms with E-state index in [4.69, 9.17) is 10.00 Å². The molecule has 0 bridgehead atoms. The Morgan fingerprint density at radius 3 is 2.58 bits per heavy atom. The number of ether oxygens (including phenoxy) is 1. The van der Waals surface area contributed by atoms with Crippen LogP contribution in [0.15, 0.2) is 48.5 Å². The van der Waals surface area contributed by atoms with Gasteiger partial charge in [-0.3, -0.25) is 0 Å². The van der Waals surface area contributed by atoms with Gasteiger partial charge >= 0.3 is 6.03 Å². The van der Waals surface area contributed by atoms with Crippen LogP contribution in [0.5, 0.6) is 11.5 Å². The van der Waals surface area contributed by atoms with E-state index in [1.54, 1.807) is 42.5 Å². The van der Waals surface area contributed by atoms with Gasteiger partial charge in [-0.15, -0.1) is 0 Å². The predicted molar refractivity (Wildman–Crippen MR) is 92.0 cm³/mol. The molecule has 0 radical (unpaired) electrons. The molecule has 24 heavy (non-hydrogen) atoms. The first-order chi connectivity index (χ1) is 11.7. The van der Waals surface area contributed by atoms with Gasteiger partial charge < -0.3 is 15.4 Å². The molecule has 5 heteroatoms. The molecule has 2 N–H and O–H groups in total. The lowest BCUT2D eigenvalue weighted by atomic mass is 9.85. The molecule has 0 aromatic heterocycles. The smallest absolute Gasteiger partial charge is 0.319 e. The predicted octanol–water partition coefficient (Wildman–Crippen LogP) is 4.27. The minimum atomic E-state index is -0.189. The highest BCUT2D eigenvalue weighted by molar-refractivity contribution is 5.89. The highest BCUT2D eigenvalue weighted by Gasteiger charge is 2.17.